The number of furan rings is 1. The van der Waals surface area contributed by atoms with Crippen LogP contribution in [0, 0.1) is 6.92 Å². The van der Waals surface area contributed by atoms with Crippen LogP contribution in [0.1, 0.15) is 17.6 Å². The third-order valence-electron chi connectivity index (χ3n) is 1.61. The Kier molecular flexibility index (Phi) is 2.77. The fourth-order valence-corrected chi connectivity index (χ4v) is 1.88. The maximum absolute atomic E-state index is 10.9. The van der Waals surface area contributed by atoms with Gasteiger partial charge < -0.3 is 10.2 Å². The van der Waals surface area contributed by atoms with Gasteiger partial charge in [0.2, 0.25) is 0 Å². The molecule has 0 spiro atoms. The van der Waals surface area contributed by atoms with Crippen molar-refractivity contribution in [1.82, 2.24) is 0 Å². The minimum absolute atomic E-state index is 0.0834. The molecule has 0 saturated heterocycles. The van der Waals surface area contributed by atoms with Crippen molar-refractivity contribution in [3.05, 3.63) is 23.7 Å². The van der Waals surface area contributed by atoms with Crippen LogP contribution in [0.2, 0.25) is 0 Å². The number of aryl methyl sites for hydroxylation is 1. The molecule has 74 valence electrons. The molecule has 0 amide bonds. The maximum Gasteiger partial charge on any atom is 0.149 e. The van der Waals surface area contributed by atoms with E-state index >= 15 is 0 Å². The minimum Gasteiger partial charge on any atom is -0.465 e. The molecule has 1 heterocycles. The van der Waals surface area contributed by atoms with E-state index < -0.39 is 15.9 Å². The Bertz CT molecular complexity index is 380. The average molecular weight is 203 g/mol. The molecule has 1 unspecified atom stereocenters. The summed E-state index contributed by atoms with van der Waals surface area (Å²) in [7, 11) is -3.05. The Morgan fingerprint density at radius 2 is 2.15 bits per heavy atom. The lowest BCUT2D eigenvalue weighted by molar-refractivity contribution is 0.456. The molecule has 0 saturated carbocycles. The van der Waals surface area contributed by atoms with Gasteiger partial charge in [-0.15, -0.1) is 0 Å². The Hall–Kier alpha value is -0.810. The highest BCUT2D eigenvalue weighted by Gasteiger charge is 2.15. The van der Waals surface area contributed by atoms with Gasteiger partial charge in [-0.2, -0.15) is 0 Å². The largest absolute Gasteiger partial charge is 0.465 e. The normalized spacial score (nSPS) is 14.4. The van der Waals surface area contributed by atoms with Crippen molar-refractivity contribution >= 4 is 9.84 Å². The summed E-state index contributed by atoms with van der Waals surface area (Å²) >= 11 is 0. The van der Waals surface area contributed by atoms with Gasteiger partial charge in [-0.25, -0.2) is 8.42 Å². The van der Waals surface area contributed by atoms with Crippen molar-refractivity contribution in [2.75, 3.05) is 12.0 Å². The van der Waals surface area contributed by atoms with Gasteiger partial charge in [-0.05, 0) is 19.1 Å². The van der Waals surface area contributed by atoms with Crippen LogP contribution in [0.4, 0.5) is 0 Å². The molecule has 0 aliphatic heterocycles. The first-order chi connectivity index (χ1) is 5.88. The Morgan fingerprint density at radius 1 is 1.54 bits per heavy atom. The zero-order chi connectivity index (χ0) is 10.1. The number of hydrogen-bond donors (Lipinski definition) is 1. The molecule has 0 fully saturated rings. The van der Waals surface area contributed by atoms with Crippen molar-refractivity contribution in [2.45, 2.75) is 13.0 Å². The molecule has 2 N–H and O–H groups in total. The molecule has 0 bridgehead atoms. The highest BCUT2D eigenvalue weighted by molar-refractivity contribution is 7.90. The van der Waals surface area contributed by atoms with E-state index in [2.05, 4.69) is 0 Å². The molecule has 0 radical (unpaired) electrons. The van der Waals surface area contributed by atoms with E-state index in [4.69, 9.17) is 10.2 Å². The lowest BCUT2D eigenvalue weighted by Gasteiger charge is -2.05. The van der Waals surface area contributed by atoms with Crippen LogP contribution < -0.4 is 5.73 Å². The Balaban J connectivity index is 2.75. The van der Waals surface area contributed by atoms with E-state index in [0.717, 1.165) is 12.0 Å². The standard InChI is InChI=1S/C8H13NO3S/c1-6-3-4-8(12-6)7(9)5-13(2,10)11/h3-4,7H,5,9H2,1-2H3. The van der Waals surface area contributed by atoms with E-state index in [1.807, 2.05) is 0 Å². The molecule has 4 nitrogen and oxygen atoms in total. The molecule has 0 aliphatic carbocycles. The monoisotopic (exact) mass is 203 g/mol. The van der Waals surface area contributed by atoms with Crippen molar-refractivity contribution in [2.24, 2.45) is 5.73 Å². The number of hydrogen-bond acceptors (Lipinski definition) is 4. The quantitative estimate of drug-likeness (QED) is 0.782. The zero-order valence-corrected chi connectivity index (χ0v) is 8.47. The first-order valence-corrected chi connectivity index (χ1v) is 5.94. The second-order valence-electron chi connectivity index (χ2n) is 3.15. The SMILES string of the molecule is Cc1ccc(C(N)CS(C)(=O)=O)o1. The second-order valence-corrected chi connectivity index (χ2v) is 5.33. The van der Waals surface area contributed by atoms with Crippen LogP contribution in [0.15, 0.2) is 16.5 Å². The molecular weight excluding hydrogens is 190 g/mol. The lowest BCUT2D eigenvalue weighted by atomic mass is 10.3. The summed E-state index contributed by atoms with van der Waals surface area (Å²) in [5.41, 5.74) is 5.62. The highest BCUT2D eigenvalue weighted by atomic mass is 32.2. The predicted molar refractivity (Wildman–Crippen MR) is 50.1 cm³/mol. The summed E-state index contributed by atoms with van der Waals surface area (Å²) in [6, 6.07) is 2.89. The summed E-state index contributed by atoms with van der Waals surface area (Å²) in [6.07, 6.45) is 1.16. The molecule has 1 rings (SSSR count). The van der Waals surface area contributed by atoms with E-state index in [-0.39, 0.29) is 5.75 Å². The van der Waals surface area contributed by atoms with Gasteiger partial charge in [-0.1, -0.05) is 0 Å². The van der Waals surface area contributed by atoms with E-state index in [0.29, 0.717) is 5.76 Å². The fourth-order valence-electron chi connectivity index (χ4n) is 1.06. The molecule has 0 aliphatic rings. The Morgan fingerprint density at radius 3 is 2.54 bits per heavy atom. The second kappa shape index (κ2) is 3.51. The number of sulfone groups is 1. The number of nitrogens with two attached hydrogens (primary N) is 1. The lowest BCUT2D eigenvalue weighted by Crippen LogP contribution is -2.20. The molecule has 1 aromatic rings. The molecule has 1 aromatic heterocycles. The van der Waals surface area contributed by atoms with E-state index in [9.17, 15) is 8.42 Å². The van der Waals surface area contributed by atoms with Crippen LogP contribution >= 0.6 is 0 Å². The van der Waals surface area contributed by atoms with Gasteiger partial charge in [0.15, 0.2) is 0 Å². The van der Waals surface area contributed by atoms with Gasteiger partial charge in [0.1, 0.15) is 21.4 Å². The van der Waals surface area contributed by atoms with Gasteiger partial charge in [0.25, 0.3) is 0 Å². The number of rotatable bonds is 3. The van der Waals surface area contributed by atoms with Gasteiger partial charge in [-0.3, -0.25) is 0 Å². The topological polar surface area (TPSA) is 73.3 Å². The van der Waals surface area contributed by atoms with Crippen molar-refractivity contribution in [1.29, 1.82) is 0 Å². The van der Waals surface area contributed by atoms with Crippen LogP contribution in [0.25, 0.3) is 0 Å². The van der Waals surface area contributed by atoms with Crippen LogP contribution in [0.3, 0.4) is 0 Å². The third kappa shape index (κ3) is 3.20. The van der Waals surface area contributed by atoms with Gasteiger partial charge in [0.05, 0.1) is 11.8 Å². The summed E-state index contributed by atoms with van der Waals surface area (Å²) in [5.74, 6) is 1.17. The summed E-state index contributed by atoms with van der Waals surface area (Å²) in [4.78, 5) is 0. The highest BCUT2D eigenvalue weighted by Crippen LogP contribution is 2.15. The van der Waals surface area contributed by atoms with Gasteiger partial charge >= 0.3 is 0 Å². The van der Waals surface area contributed by atoms with Crippen LogP contribution in [0.5, 0.6) is 0 Å². The first-order valence-electron chi connectivity index (χ1n) is 3.88. The van der Waals surface area contributed by atoms with Gasteiger partial charge in [0, 0.05) is 6.26 Å². The maximum atomic E-state index is 10.9. The van der Waals surface area contributed by atoms with Crippen LogP contribution in [-0.2, 0) is 9.84 Å². The van der Waals surface area contributed by atoms with Crippen molar-refractivity contribution < 1.29 is 12.8 Å². The molecule has 1 atom stereocenters. The molecule has 13 heavy (non-hydrogen) atoms. The smallest absolute Gasteiger partial charge is 0.149 e. The fraction of sp³-hybridized carbons (Fsp3) is 0.500. The molecule has 0 aromatic carbocycles. The van der Waals surface area contributed by atoms with Crippen molar-refractivity contribution in [3.63, 3.8) is 0 Å². The molecular formula is C8H13NO3S. The molecule has 5 heteroatoms. The van der Waals surface area contributed by atoms with E-state index in [1.54, 1.807) is 19.1 Å². The van der Waals surface area contributed by atoms with E-state index in [1.165, 1.54) is 0 Å². The Labute approximate surface area is 77.7 Å². The minimum atomic E-state index is -3.05. The summed E-state index contributed by atoms with van der Waals surface area (Å²) < 4.78 is 27.0. The summed E-state index contributed by atoms with van der Waals surface area (Å²) in [6.45, 7) is 1.79. The predicted octanol–water partition coefficient (Wildman–Crippen LogP) is 0.632. The average Bonchev–Trinajstić information content (AvgIpc) is 2.31. The van der Waals surface area contributed by atoms with Crippen LogP contribution in [-0.4, -0.2) is 20.4 Å². The third-order valence-corrected chi connectivity index (χ3v) is 2.57. The zero-order valence-electron chi connectivity index (χ0n) is 7.65. The first kappa shape index (κ1) is 10.3. The van der Waals surface area contributed by atoms with Crippen molar-refractivity contribution in [3.8, 4) is 0 Å². The summed E-state index contributed by atoms with van der Waals surface area (Å²) in [5, 5.41) is 0.